The van der Waals surface area contributed by atoms with Crippen LogP contribution in [0, 0.1) is 0 Å². The maximum atomic E-state index is 12.6. The normalized spacial score (nSPS) is 13.5. The highest BCUT2D eigenvalue weighted by Gasteiger charge is 1.87. The summed E-state index contributed by atoms with van der Waals surface area (Å²) in [5.41, 5.74) is 1.04. The summed E-state index contributed by atoms with van der Waals surface area (Å²) < 4.78 is 12.6. The van der Waals surface area contributed by atoms with Crippen LogP contribution in [0.2, 0.25) is 0 Å². The molecule has 1 heteroatoms. The van der Waals surface area contributed by atoms with Crippen LogP contribution in [0.25, 0.3) is 0 Å². The zero-order chi connectivity index (χ0) is 7.98. The minimum Gasteiger partial charge on any atom is -0.207 e. The Bertz CT molecular complexity index is 164. The summed E-state index contributed by atoms with van der Waals surface area (Å²) in [5, 5.41) is 0. The Hall–Kier alpha value is -0.850. The van der Waals surface area contributed by atoms with Crippen molar-refractivity contribution < 1.29 is 4.39 Å². The average molecular weight is 140 g/mol. The van der Waals surface area contributed by atoms with Crippen molar-refractivity contribution in [3.63, 3.8) is 0 Å². The zero-order valence-corrected chi connectivity index (χ0v) is 6.52. The van der Waals surface area contributed by atoms with Gasteiger partial charge in [-0.25, -0.2) is 4.39 Å². The summed E-state index contributed by atoms with van der Waals surface area (Å²) in [6, 6.07) is 0. The second kappa shape index (κ2) is 4.98. The SMILES string of the molecule is C=C/C=C(F)\C=C(\C)CC. The van der Waals surface area contributed by atoms with E-state index in [0.717, 1.165) is 12.0 Å². The zero-order valence-electron chi connectivity index (χ0n) is 6.52. The van der Waals surface area contributed by atoms with Crippen molar-refractivity contribution in [2.75, 3.05) is 0 Å². The molecule has 0 aromatic rings. The topological polar surface area (TPSA) is 0 Å². The van der Waals surface area contributed by atoms with E-state index < -0.39 is 0 Å². The fourth-order valence-electron chi connectivity index (χ4n) is 0.498. The molecule has 0 nitrogen and oxygen atoms in total. The molecule has 0 radical (unpaired) electrons. The Kier molecular flexibility index (Phi) is 4.55. The molecule has 56 valence electrons. The van der Waals surface area contributed by atoms with Gasteiger partial charge >= 0.3 is 0 Å². The van der Waals surface area contributed by atoms with E-state index in [9.17, 15) is 4.39 Å². The highest BCUT2D eigenvalue weighted by Crippen LogP contribution is 2.06. The van der Waals surface area contributed by atoms with Gasteiger partial charge in [0.2, 0.25) is 0 Å². The summed E-state index contributed by atoms with van der Waals surface area (Å²) in [6.07, 6.45) is 5.19. The molecular formula is C9H13F. The Labute approximate surface area is 61.8 Å². The van der Waals surface area contributed by atoms with Crippen LogP contribution in [0.1, 0.15) is 20.3 Å². The molecule has 0 unspecified atom stereocenters. The predicted octanol–water partition coefficient (Wildman–Crippen LogP) is 3.38. The number of hydrogen-bond donors (Lipinski definition) is 0. The summed E-state index contributed by atoms with van der Waals surface area (Å²) in [7, 11) is 0. The third-order valence-electron chi connectivity index (χ3n) is 1.22. The average Bonchev–Trinajstić information content (AvgIpc) is 1.88. The van der Waals surface area contributed by atoms with Crippen LogP contribution in [0.4, 0.5) is 4.39 Å². The van der Waals surface area contributed by atoms with E-state index in [1.165, 1.54) is 18.2 Å². The van der Waals surface area contributed by atoms with Gasteiger partial charge < -0.3 is 0 Å². The van der Waals surface area contributed by atoms with Crippen molar-refractivity contribution in [1.29, 1.82) is 0 Å². The van der Waals surface area contributed by atoms with Crippen molar-refractivity contribution >= 4 is 0 Å². The summed E-state index contributed by atoms with van der Waals surface area (Å²) >= 11 is 0. The van der Waals surface area contributed by atoms with Gasteiger partial charge in [0.05, 0.1) is 0 Å². The Morgan fingerprint density at radius 3 is 2.60 bits per heavy atom. The van der Waals surface area contributed by atoms with E-state index in [0.29, 0.717) is 0 Å². The minimum atomic E-state index is -0.227. The van der Waals surface area contributed by atoms with Gasteiger partial charge in [0.25, 0.3) is 0 Å². The molecular weight excluding hydrogens is 127 g/mol. The van der Waals surface area contributed by atoms with Crippen LogP contribution >= 0.6 is 0 Å². The highest BCUT2D eigenvalue weighted by atomic mass is 19.1. The van der Waals surface area contributed by atoms with Crippen LogP contribution in [0.15, 0.2) is 36.2 Å². The lowest BCUT2D eigenvalue weighted by atomic mass is 10.2. The molecule has 0 spiro atoms. The smallest absolute Gasteiger partial charge is 0.123 e. The van der Waals surface area contributed by atoms with Crippen molar-refractivity contribution in [2.45, 2.75) is 20.3 Å². The lowest BCUT2D eigenvalue weighted by molar-refractivity contribution is 0.664. The minimum absolute atomic E-state index is 0.227. The number of hydrogen-bond acceptors (Lipinski definition) is 0. The summed E-state index contributed by atoms with van der Waals surface area (Å²) in [5.74, 6) is -0.227. The second-order valence-corrected chi connectivity index (χ2v) is 2.13. The van der Waals surface area contributed by atoms with Crippen molar-refractivity contribution in [2.24, 2.45) is 0 Å². The summed E-state index contributed by atoms with van der Waals surface area (Å²) in [6.45, 7) is 7.28. The van der Waals surface area contributed by atoms with Gasteiger partial charge in [0, 0.05) is 0 Å². The quantitative estimate of drug-likeness (QED) is 0.527. The second-order valence-electron chi connectivity index (χ2n) is 2.13. The molecule has 0 aliphatic rings. The van der Waals surface area contributed by atoms with Crippen LogP contribution in [0.3, 0.4) is 0 Å². The fraction of sp³-hybridized carbons (Fsp3) is 0.333. The van der Waals surface area contributed by atoms with Crippen LogP contribution in [-0.4, -0.2) is 0 Å². The Morgan fingerprint density at radius 2 is 2.20 bits per heavy atom. The molecule has 0 heterocycles. The van der Waals surface area contributed by atoms with E-state index in [4.69, 9.17) is 0 Å². The molecule has 0 saturated carbocycles. The van der Waals surface area contributed by atoms with Crippen LogP contribution in [0.5, 0.6) is 0 Å². The lowest BCUT2D eigenvalue weighted by Crippen LogP contribution is -1.71. The molecule has 0 aliphatic carbocycles. The first-order chi connectivity index (χ1) is 4.70. The first kappa shape index (κ1) is 9.15. The van der Waals surface area contributed by atoms with Gasteiger partial charge in [-0.3, -0.25) is 0 Å². The van der Waals surface area contributed by atoms with E-state index >= 15 is 0 Å². The molecule has 0 aliphatic heterocycles. The Balaban J connectivity index is 4.11. The van der Waals surface area contributed by atoms with Gasteiger partial charge in [-0.2, -0.15) is 0 Å². The first-order valence-electron chi connectivity index (χ1n) is 3.36. The monoisotopic (exact) mass is 140 g/mol. The third-order valence-corrected chi connectivity index (χ3v) is 1.22. The maximum absolute atomic E-state index is 12.6. The van der Waals surface area contributed by atoms with E-state index in [2.05, 4.69) is 6.58 Å². The van der Waals surface area contributed by atoms with E-state index in [-0.39, 0.29) is 5.83 Å². The molecule has 0 atom stereocenters. The van der Waals surface area contributed by atoms with Gasteiger partial charge in [0.15, 0.2) is 0 Å². The van der Waals surface area contributed by atoms with Gasteiger partial charge in [0.1, 0.15) is 5.83 Å². The molecule has 0 aromatic heterocycles. The molecule has 0 bridgehead atoms. The lowest BCUT2D eigenvalue weighted by Gasteiger charge is -1.91. The van der Waals surface area contributed by atoms with Gasteiger partial charge in [-0.05, 0) is 25.5 Å². The first-order valence-corrected chi connectivity index (χ1v) is 3.36. The Morgan fingerprint density at radius 1 is 1.60 bits per heavy atom. The van der Waals surface area contributed by atoms with Crippen molar-refractivity contribution in [3.8, 4) is 0 Å². The van der Waals surface area contributed by atoms with Crippen LogP contribution in [-0.2, 0) is 0 Å². The van der Waals surface area contributed by atoms with Gasteiger partial charge in [-0.15, -0.1) is 0 Å². The number of allylic oxidation sites excluding steroid dienone is 5. The predicted molar refractivity (Wildman–Crippen MR) is 43.4 cm³/mol. The highest BCUT2D eigenvalue weighted by molar-refractivity contribution is 5.19. The molecule has 0 fully saturated rings. The standard InChI is InChI=1S/C9H13F/c1-4-6-9(10)7-8(3)5-2/h4,6-7H,1,5H2,2-3H3/b8-7-,9-6+. The molecule has 0 saturated heterocycles. The molecule has 0 N–H and O–H groups in total. The van der Waals surface area contributed by atoms with Gasteiger partial charge in [-0.1, -0.05) is 25.2 Å². The fourth-order valence-corrected chi connectivity index (χ4v) is 0.498. The van der Waals surface area contributed by atoms with E-state index in [1.54, 1.807) is 0 Å². The number of rotatable bonds is 3. The molecule has 0 amide bonds. The van der Waals surface area contributed by atoms with Crippen molar-refractivity contribution in [1.82, 2.24) is 0 Å². The molecule has 0 rings (SSSR count). The molecule has 0 aromatic carbocycles. The maximum Gasteiger partial charge on any atom is 0.123 e. The number of halogens is 1. The summed E-state index contributed by atoms with van der Waals surface area (Å²) in [4.78, 5) is 0. The molecule has 10 heavy (non-hydrogen) atoms. The van der Waals surface area contributed by atoms with Crippen LogP contribution < -0.4 is 0 Å². The van der Waals surface area contributed by atoms with E-state index in [1.807, 2.05) is 13.8 Å². The third kappa shape index (κ3) is 4.07. The van der Waals surface area contributed by atoms with Crippen molar-refractivity contribution in [3.05, 3.63) is 36.2 Å². The largest absolute Gasteiger partial charge is 0.207 e.